The van der Waals surface area contributed by atoms with Crippen LogP contribution in [0.1, 0.15) is 25.3 Å². The Kier molecular flexibility index (Phi) is 5.62. The molecule has 116 valence electrons. The molecule has 1 saturated heterocycles. The van der Waals surface area contributed by atoms with Crippen LogP contribution in [0, 0.1) is 12.8 Å². The molecule has 2 unspecified atom stereocenters. The number of hydrogen-bond donors (Lipinski definition) is 2. The van der Waals surface area contributed by atoms with Gasteiger partial charge in [-0.25, -0.2) is 0 Å². The minimum absolute atomic E-state index is 0.0579. The lowest BCUT2D eigenvalue weighted by atomic mass is 9.93. The summed E-state index contributed by atoms with van der Waals surface area (Å²) in [5.74, 6) is 0.200. The molecule has 1 aliphatic heterocycles. The van der Waals surface area contributed by atoms with Crippen molar-refractivity contribution in [2.45, 2.75) is 32.8 Å². The molecule has 0 aliphatic carbocycles. The number of para-hydroxylation sites is 1. The average Bonchev–Trinajstić information content (AvgIpc) is 2.43. The van der Waals surface area contributed by atoms with E-state index in [1.165, 1.54) is 0 Å². The third-order valence-corrected chi connectivity index (χ3v) is 4.39. The molecule has 0 aromatic heterocycles. The molecule has 1 heterocycles. The van der Waals surface area contributed by atoms with Gasteiger partial charge in [0.1, 0.15) is 0 Å². The largest absolute Gasteiger partial charge is 0.393 e. The highest BCUT2D eigenvalue weighted by Gasteiger charge is 2.24. The number of piperidine rings is 1. The van der Waals surface area contributed by atoms with E-state index in [0.29, 0.717) is 17.3 Å². The lowest BCUT2D eigenvalue weighted by Crippen LogP contribution is -2.43. The zero-order valence-corrected chi connectivity index (χ0v) is 13.4. The molecule has 5 heteroatoms. The van der Waals surface area contributed by atoms with Crippen molar-refractivity contribution in [3.8, 4) is 0 Å². The summed E-state index contributed by atoms with van der Waals surface area (Å²) < 4.78 is 0. The van der Waals surface area contributed by atoms with Gasteiger partial charge in [-0.2, -0.15) is 0 Å². The maximum atomic E-state index is 12.2. The van der Waals surface area contributed by atoms with Crippen molar-refractivity contribution in [2.75, 3.05) is 25.0 Å². The summed E-state index contributed by atoms with van der Waals surface area (Å²) in [5.41, 5.74) is 1.64. The summed E-state index contributed by atoms with van der Waals surface area (Å²) in [4.78, 5) is 14.3. The number of amides is 1. The van der Waals surface area contributed by atoms with Crippen LogP contribution in [0.25, 0.3) is 0 Å². The number of aryl methyl sites for hydroxylation is 1. The number of halogens is 1. The van der Waals surface area contributed by atoms with Gasteiger partial charge in [-0.15, -0.1) is 0 Å². The van der Waals surface area contributed by atoms with Crippen LogP contribution < -0.4 is 5.32 Å². The second-order valence-corrected chi connectivity index (χ2v) is 6.27. The number of hydrogen-bond acceptors (Lipinski definition) is 3. The molecule has 2 atom stereocenters. The minimum atomic E-state index is -0.318. The van der Waals surface area contributed by atoms with Crippen LogP contribution >= 0.6 is 11.6 Å². The first kappa shape index (κ1) is 16.3. The molecule has 2 rings (SSSR count). The summed E-state index contributed by atoms with van der Waals surface area (Å²) in [7, 11) is 0. The summed E-state index contributed by atoms with van der Waals surface area (Å²) >= 11 is 6.12. The van der Waals surface area contributed by atoms with E-state index in [9.17, 15) is 9.90 Å². The van der Waals surface area contributed by atoms with E-state index >= 15 is 0 Å². The van der Waals surface area contributed by atoms with Gasteiger partial charge in [-0.3, -0.25) is 9.69 Å². The Balaban J connectivity index is 1.93. The second-order valence-electron chi connectivity index (χ2n) is 5.86. The third kappa shape index (κ3) is 4.43. The first-order valence-electron chi connectivity index (χ1n) is 7.42. The van der Waals surface area contributed by atoms with Crippen LogP contribution in [-0.2, 0) is 4.79 Å². The number of aliphatic hydroxyl groups excluding tert-OH is 1. The van der Waals surface area contributed by atoms with Crippen molar-refractivity contribution >= 4 is 23.2 Å². The fourth-order valence-corrected chi connectivity index (χ4v) is 3.07. The van der Waals surface area contributed by atoms with Crippen LogP contribution in [0.3, 0.4) is 0 Å². The standard InChI is InChI=1S/C16H23ClN2O2/c1-11-5-3-7-14(17)16(11)18-15(21)10-19-8-4-6-13(9-19)12(2)20/h3,5,7,12-13,20H,4,6,8-10H2,1-2H3,(H,18,21). The Morgan fingerprint density at radius 1 is 1.57 bits per heavy atom. The van der Waals surface area contributed by atoms with E-state index in [1.54, 1.807) is 6.07 Å². The molecule has 0 saturated carbocycles. The van der Waals surface area contributed by atoms with E-state index in [2.05, 4.69) is 10.2 Å². The molecule has 21 heavy (non-hydrogen) atoms. The topological polar surface area (TPSA) is 52.6 Å². The summed E-state index contributed by atoms with van der Waals surface area (Å²) in [5, 5.41) is 13.1. The Hall–Kier alpha value is -1.10. The van der Waals surface area contributed by atoms with E-state index in [-0.39, 0.29) is 17.9 Å². The smallest absolute Gasteiger partial charge is 0.238 e. The number of nitrogens with zero attached hydrogens (tertiary/aromatic N) is 1. The van der Waals surface area contributed by atoms with Crippen molar-refractivity contribution < 1.29 is 9.90 Å². The molecule has 1 fully saturated rings. The third-order valence-electron chi connectivity index (χ3n) is 4.08. The maximum Gasteiger partial charge on any atom is 0.238 e. The van der Waals surface area contributed by atoms with Gasteiger partial charge in [-0.1, -0.05) is 23.7 Å². The Bertz CT molecular complexity index is 485. The number of anilines is 1. The number of carbonyl (C=O) groups excluding carboxylic acids is 1. The predicted molar refractivity (Wildman–Crippen MR) is 85.7 cm³/mol. The normalized spacial score (nSPS) is 21.0. The molecule has 1 aromatic carbocycles. The van der Waals surface area contributed by atoms with Crippen LogP contribution in [-0.4, -0.2) is 41.7 Å². The van der Waals surface area contributed by atoms with E-state index in [4.69, 9.17) is 11.6 Å². The SMILES string of the molecule is Cc1cccc(Cl)c1NC(=O)CN1CCCC(C(C)O)C1. The van der Waals surface area contributed by atoms with Crippen molar-refractivity contribution in [1.29, 1.82) is 0 Å². The number of carbonyl (C=O) groups is 1. The number of benzene rings is 1. The summed E-state index contributed by atoms with van der Waals surface area (Å²) in [6.45, 7) is 5.76. The second kappa shape index (κ2) is 7.25. The zero-order chi connectivity index (χ0) is 15.4. The lowest BCUT2D eigenvalue weighted by Gasteiger charge is -2.33. The quantitative estimate of drug-likeness (QED) is 0.899. The lowest BCUT2D eigenvalue weighted by molar-refractivity contribution is -0.118. The number of rotatable bonds is 4. The molecule has 4 nitrogen and oxygen atoms in total. The van der Waals surface area contributed by atoms with Crippen LogP contribution in [0.2, 0.25) is 5.02 Å². The molecule has 0 radical (unpaired) electrons. The molecule has 1 aromatic rings. The van der Waals surface area contributed by atoms with Crippen molar-refractivity contribution in [3.05, 3.63) is 28.8 Å². The van der Waals surface area contributed by atoms with Gasteiger partial charge in [0.05, 0.1) is 23.4 Å². The first-order valence-corrected chi connectivity index (χ1v) is 7.80. The van der Waals surface area contributed by atoms with E-state index in [1.807, 2.05) is 26.0 Å². The van der Waals surface area contributed by atoms with Gasteiger partial charge in [0.15, 0.2) is 0 Å². The number of aliphatic hydroxyl groups is 1. The van der Waals surface area contributed by atoms with Gasteiger partial charge in [0, 0.05) is 6.54 Å². The van der Waals surface area contributed by atoms with Gasteiger partial charge < -0.3 is 10.4 Å². The van der Waals surface area contributed by atoms with Crippen LogP contribution in [0.15, 0.2) is 18.2 Å². The highest BCUT2D eigenvalue weighted by Crippen LogP contribution is 2.25. The Morgan fingerprint density at radius 3 is 3.00 bits per heavy atom. The van der Waals surface area contributed by atoms with E-state index < -0.39 is 0 Å². The molecule has 1 aliphatic rings. The van der Waals surface area contributed by atoms with Crippen molar-refractivity contribution in [2.24, 2.45) is 5.92 Å². The molecular weight excluding hydrogens is 288 g/mol. The molecular formula is C16H23ClN2O2. The number of likely N-dealkylation sites (tertiary alicyclic amines) is 1. The average molecular weight is 311 g/mol. The van der Waals surface area contributed by atoms with Gasteiger partial charge >= 0.3 is 0 Å². The van der Waals surface area contributed by atoms with E-state index in [0.717, 1.165) is 31.5 Å². The first-order chi connectivity index (χ1) is 9.97. The fourth-order valence-electron chi connectivity index (χ4n) is 2.80. The Morgan fingerprint density at radius 2 is 2.33 bits per heavy atom. The minimum Gasteiger partial charge on any atom is -0.393 e. The molecule has 0 spiro atoms. The molecule has 2 N–H and O–H groups in total. The Labute approximate surface area is 131 Å². The predicted octanol–water partition coefficient (Wildman–Crippen LogP) is 2.68. The molecule has 1 amide bonds. The zero-order valence-electron chi connectivity index (χ0n) is 12.6. The summed E-state index contributed by atoms with van der Waals surface area (Å²) in [6, 6.07) is 5.56. The van der Waals surface area contributed by atoms with Crippen LogP contribution in [0.4, 0.5) is 5.69 Å². The highest BCUT2D eigenvalue weighted by atomic mass is 35.5. The number of nitrogens with one attached hydrogen (secondary N) is 1. The monoisotopic (exact) mass is 310 g/mol. The van der Waals surface area contributed by atoms with Crippen molar-refractivity contribution in [3.63, 3.8) is 0 Å². The van der Waals surface area contributed by atoms with Crippen LogP contribution in [0.5, 0.6) is 0 Å². The van der Waals surface area contributed by atoms with Crippen molar-refractivity contribution in [1.82, 2.24) is 4.90 Å². The molecule has 0 bridgehead atoms. The van der Waals surface area contributed by atoms with Gasteiger partial charge in [-0.05, 0) is 50.8 Å². The highest BCUT2D eigenvalue weighted by molar-refractivity contribution is 6.33. The summed E-state index contributed by atoms with van der Waals surface area (Å²) in [6.07, 6.45) is 1.73. The maximum absolute atomic E-state index is 12.2. The van der Waals surface area contributed by atoms with Gasteiger partial charge in [0.25, 0.3) is 0 Å². The fraction of sp³-hybridized carbons (Fsp3) is 0.562. The van der Waals surface area contributed by atoms with Gasteiger partial charge in [0.2, 0.25) is 5.91 Å².